The van der Waals surface area contributed by atoms with Crippen LogP contribution in [0.1, 0.15) is 22.5 Å². The molecule has 7 nitrogen and oxygen atoms in total. The van der Waals surface area contributed by atoms with Crippen LogP contribution >= 0.6 is 0 Å². The van der Waals surface area contributed by atoms with Crippen LogP contribution in [0.4, 0.5) is 0 Å². The monoisotopic (exact) mass is 364 g/mol. The van der Waals surface area contributed by atoms with E-state index in [1.54, 1.807) is 20.1 Å². The van der Waals surface area contributed by atoms with Crippen molar-refractivity contribution in [1.29, 1.82) is 0 Å². The molecule has 3 aromatic rings. The van der Waals surface area contributed by atoms with E-state index in [2.05, 4.69) is 15.5 Å². The fourth-order valence-electron chi connectivity index (χ4n) is 2.61. The summed E-state index contributed by atoms with van der Waals surface area (Å²) < 4.78 is 12.2. The molecule has 0 radical (unpaired) electrons. The maximum absolute atomic E-state index is 12.8. The Hall–Kier alpha value is -3.48. The summed E-state index contributed by atoms with van der Waals surface area (Å²) in [5.41, 5.74) is 2.92. The smallest absolute Gasteiger partial charge is 0.357 e. The zero-order valence-corrected chi connectivity index (χ0v) is 15.4. The van der Waals surface area contributed by atoms with Gasteiger partial charge in [-0.1, -0.05) is 42.0 Å². The standard InChI is InChI=1S/C20H20N4O3/c1-14-9-10-19(26-3)17(11-14)13-27-20(25)18(24-15(2)21-22-23-24)12-16-7-5-4-6-8-16/h4-12H,13H2,1-3H3/b18-12-. The van der Waals surface area contributed by atoms with E-state index in [9.17, 15) is 4.79 Å². The van der Waals surface area contributed by atoms with Crippen molar-refractivity contribution in [3.8, 4) is 5.75 Å². The third-order valence-electron chi connectivity index (χ3n) is 3.96. The Morgan fingerprint density at radius 3 is 2.59 bits per heavy atom. The van der Waals surface area contributed by atoms with Crippen molar-refractivity contribution in [2.45, 2.75) is 20.5 Å². The van der Waals surface area contributed by atoms with Gasteiger partial charge < -0.3 is 9.47 Å². The molecule has 0 aliphatic rings. The Kier molecular flexibility index (Phi) is 5.61. The number of carbonyl (C=O) groups excluding carboxylic acids is 1. The van der Waals surface area contributed by atoms with Crippen LogP contribution in [0.3, 0.4) is 0 Å². The number of ether oxygens (including phenoxy) is 2. The SMILES string of the molecule is COc1ccc(C)cc1COC(=O)/C(=C/c1ccccc1)n1nnnc1C. The molecule has 0 amide bonds. The lowest BCUT2D eigenvalue weighted by atomic mass is 10.1. The van der Waals surface area contributed by atoms with Gasteiger partial charge in [-0.3, -0.25) is 0 Å². The van der Waals surface area contributed by atoms with Gasteiger partial charge in [0.25, 0.3) is 0 Å². The van der Waals surface area contributed by atoms with Gasteiger partial charge in [0.2, 0.25) is 0 Å². The summed E-state index contributed by atoms with van der Waals surface area (Å²) in [4.78, 5) is 12.8. The predicted molar refractivity (Wildman–Crippen MR) is 101 cm³/mol. The number of hydrogen-bond acceptors (Lipinski definition) is 6. The number of hydrogen-bond donors (Lipinski definition) is 0. The molecule has 0 unspecified atom stereocenters. The molecular weight excluding hydrogens is 344 g/mol. The lowest BCUT2D eigenvalue weighted by Crippen LogP contribution is -2.15. The molecule has 0 fully saturated rings. The third kappa shape index (κ3) is 4.38. The van der Waals surface area contributed by atoms with Gasteiger partial charge in [0, 0.05) is 5.56 Å². The van der Waals surface area contributed by atoms with E-state index >= 15 is 0 Å². The molecular formula is C20H20N4O3. The molecule has 0 aliphatic heterocycles. The summed E-state index contributed by atoms with van der Waals surface area (Å²) in [7, 11) is 1.58. The summed E-state index contributed by atoms with van der Waals surface area (Å²) in [6, 6.07) is 15.2. The highest BCUT2D eigenvalue weighted by molar-refractivity contribution is 6.15. The average molecular weight is 364 g/mol. The van der Waals surface area contributed by atoms with Crippen LogP contribution in [-0.4, -0.2) is 33.3 Å². The minimum Gasteiger partial charge on any atom is -0.496 e. The van der Waals surface area contributed by atoms with Crippen molar-refractivity contribution in [2.75, 3.05) is 7.11 Å². The van der Waals surface area contributed by atoms with E-state index in [1.165, 1.54) is 4.68 Å². The number of nitrogens with zero attached hydrogens (tertiary/aromatic N) is 4. The number of tetrazole rings is 1. The summed E-state index contributed by atoms with van der Waals surface area (Å²) in [6.45, 7) is 3.77. The molecule has 0 N–H and O–H groups in total. The van der Waals surface area contributed by atoms with Gasteiger partial charge in [-0.05, 0) is 48.0 Å². The molecule has 3 rings (SSSR count). The number of esters is 1. The number of methoxy groups -OCH3 is 1. The van der Waals surface area contributed by atoms with Crippen LogP contribution in [0.15, 0.2) is 48.5 Å². The lowest BCUT2D eigenvalue weighted by molar-refractivity contribution is -0.138. The van der Waals surface area contributed by atoms with E-state index < -0.39 is 5.97 Å². The zero-order valence-electron chi connectivity index (χ0n) is 15.4. The van der Waals surface area contributed by atoms with Crippen LogP contribution in [0.25, 0.3) is 11.8 Å². The molecule has 2 aromatic carbocycles. The maximum atomic E-state index is 12.8. The highest BCUT2D eigenvalue weighted by Gasteiger charge is 2.18. The van der Waals surface area contributed by atoms with Crippen LogP contribution in [0.2, 0.25) is 0 Å². The highest BCUT2D eigenvalue weighted by Crippen LogP contribution is 2.22. The second kappa shape index (κ2) is 8.27. The lowest BCUT2D eigenvalue weighted by Gasteiger charge is -2.12. The van der Waals surface area contributed by atoms with E-state index in [1.807, 2.05) is 55.5 Å². The molecule has 27 heavy (non-hydrogen) atoms. The van der Waals surface area contributed by atoms with Gasteiger partial charge in [0.15, 0.2) is 11.5 Å². The molecule has 0 saturated carbocycles. The molecule has 1 aromatic heterocycles. The fourth-order valence-corrected chi connectivity index (χ4v) is 2.61. The number of benzene rings is 2. The molecule has 7 heteroatoms. The first-order chi connectivity index (χ1) is 13.1. The van der Waals surface area contributed by atoms with Gasteiger partial charge in [-0.25, -0.2) is 4.79 Å². The zero-order chi connectivity index (χ0) is 19.2. The van der Waals surface area contributed by atoms with E-state index in [0.717, 1.165) is 16.7 Å². The Labute approximate surface area is 157 Å². The van der Waals surface area contributed by atoms with Gasteiger partial charge in [-0.2, -0.15) is 4.68 Å². The van der Waals surface area contributed by atoms with Crippen molar-refractivity contribution in [3.63, 3.8) is 0 Å². The van der Waals surface area contributed by atoms with Crippen LogP contribution in [0, 0.1) is 13.8 Å². The quantitative estimate of drug-likeness (QED) is 0.494. The Morgan fingerprint density at radius 1 is 1.15 bits per heavy atom. The predicted octanol–water partition coefficient (Wildman–Crippen LogP) is 3.04. The molecule has 0 aliphatic carbocycles. The summed E-state index contributed by atoms with van der Waals surface area (Å²) in [6.07, 6.45) is 1.69. The second-order valence-corrected chi connectivity index (χ2v) is 5.97. The van der Waals surface area contributed by atoms with E-state index in [0.29, 0.717) is 11.6 Å². The summed E-state index contributed by atoms with van der Waals surface area (Å²) >= 11 is 0. The van der Waals surface area contributed by atoms with Crippen LogP contribution in [0.5, 0.6) is 5.75 Å². The molecule has 0 spiro atoms. The van der Waals surface area contributed by atoms with Crippen molar-refractivity contribution < 1.29 is 14.3 Å². The normalized spacial score (nSPS) is 11.3. The average Bonchev–Trinajstić information content (AvgIpc) is 3.10. The van der Waals surface area contributed by atoms with Crippen molar-refractivity contribution in [2.24, 2.45) is 0 Å². The van der Waals surface area contributed by atoms with Gasteiger partial charge in [0.05, 0.1) is 7.11 Å². The van der Waals surface area contributed by atoms with Gasteiger partial charge in [0.1, 0.15) is 12.4 Å². The highest BCUT2D eigenvalue weighted by atomic mass is 16.5. The van der Waals surface area contributed by atoms with Gasteiger partial charge in [-0.15, -0.1) is 5.10 Å². The third-order valence-corrected chi connectivity index (χ3v) is 3.96. The number of aromatic nitrogens is 4. The first-order valence-corrected chi connectivity index (χ1v) is 8.41. The Bertz CT molecular complexity index is 964. The van der Waals surface area contributed by atoms with E-state index in [4.69, 9.17) is 9.47 Å². The molecule has 1 heterocycles. The topological polar surface area (TPSA) is 79.1 Å². The van der Waals surface area contributed by atoms with Crippen molar-refractivity contribution in [3.05, 3.63) is 71.0 Å². The molecule has 0 bridgehead atoms. The van der Waals surface area contributed by atoms with Crippen molar-refractivity contribution >= 4 is 17.7 Å². The summed E-state index contributed by atoms with van der Waals surface area (Å²) in [5.74, 6) is 0.626. The summed E-state index contributed by atoms with van der Waals surface area (Å²) in [5, 5.41) is 11.4. The minimum atomic E-state index is -0.530. The van der Waals surface area contributed by atoms with Crippen LogP contribution in [-0.2, 0) is 16.1 Å². The van der Waals surface area contributed by atoms with Gasteiger partial charge >= 0.3 is 5.97 Å². The minimum absolute atomic E-state index is 0.0803. The number of rotatable bonds is 6. The molecule has 138 valence electrons. The Morgan fingerprint density at radius 2 is 1.93 bits per heavy atom. The Balaban J connectivity index is 1.87. The first kappa shape index (κ1) is 18.3. The second-order valence-electron chi connectivity index (χ2n) is 5.97. The maximum Gasteiger partial charge on any atom is 0.357 e. The van der Waals surface area contributed by atoms with E-state index in [-0.39, 0.29) is 12.3 Å². The molecule has 0 saturated heterocycles. The van der Waals surface area contributed by atoms with Crippen LogP contribution < -0.4 is 4.74 Å². The number of aryl methyl sites for hydroxylation is 2. The molecule has 0 atom stereocenters. The number of carbonyl (C=O) groups is 1. The fraction of sp³-hybridized carbons (Fsp3) is 0.200. The largest absolute Gasteiger partial charge is 0.496 e. The van der Waals surface area contributed by atoms with Crippen molar-refractivity contribution in [1.82, 2.24) is 20.2 Å². The first-order valence-electron chi connectivity index (χ1n) is 8.41.